The molecule has 4 rings (SSSR count). The van der Waals surface area contributed by atoms with Crippen LogP contribution in [0.25, 0.3) is 11.3 Å². The van der Waals surface area contributed by atoms with E-state index in [4.69, 9.17) is 20.3 Å². The summed E-state index contributed by atoms with van der Waals surface area (Å²) in [6.07, 6.45) is 1.31. The monoisotopic (exact) mass is 502 g/mol. The van der Waals surface area contributed by atoms with Crippen molar-refractivity contribution in [1.82, 2.24) is 14.7 Å². The Labute approximate surface area is 217 Å². The number of amidine groups is 1. The summed E-state index contributed by atoms with van der Waals surface area (Å²) in [6, 6.07) is 17.1. The van der Waals surface area contributed by atoms with Gasteiger partial charge in [0.15, 0.2) is 5.82 Å². The zero-order chi connectivity index (χ0) is 26.6. The van der Waals surface area contributed by atoms with E-state index >= 15 is 0 Å². The van der Waals surface area contributed by atoms with E-state index in [0.717, 1.165) is 24.2 Å². The molecule has 0 aliphatic carbocycles. The highest BCUT2D eigenvalue weighted by molar-refractivity contribution is 6.06. The summed E-state index contributed by atoms with van der Waals surface area (Å²) in [7, 11) is 1.63. The fraction of sp³-hybridized carbons (Fsp3) is 0.357. The number of likely N-dealkylation sites (tertiary alicyclic amines) is 1. The van der Waals surface area contributed by atoms with Crippen LogP contribution in [0.3, 0.4) is 0 Å². The molecule has 2 heterocycles. The normalized spacial score (nSPS) is 16.4. The summed E-state index contributed by atoms with van der Waals surface area (Å²) < 4.78 is 13.3. The third kappa shape index (κ3) is 5.99. The molecule has 1 atom stereocenters. The maximum Gasteiger partial charge on any atom is 0.410 e. The molecule has 2 aromatic carbocycles. The zero-order valence-electron chi connectivity index (χ0n) is 21.8. The van der Waals surface area contributed by atoms with E-state index in [1.165, 1.54) is 0 Å². The lowest BCUT2D eigenvalue weighted by Gasteiger charge is -2.34. The number of piperidine rings is 1. The second-order valence-electron chi connectivity index (χ2n) is 9.92. The fourth-order valence-electron chi connectivity index (χ4n) is 4.33. The third-order valence-electron chi connectivity index (χ3n) is 6.03. The summed E-state index contributed by atoms with van der Waals surface area (Å²) in [5.41, 5.74) is 7.86. The van der Waals surface area contributed by atoms with Crippen LogP contribution in [0.2, 0.25) is 0 Å². The predicted octanol–water partition coefficient (Wildman–Crippen LogP) is 5.58. The quantitative estimate of drug-likeness (QED) is 0.350. The molecule has 1 aliphatic rings. The van der Waals surface area contributed by atoms with Crippen molar-refractivity contribution in [2.24, 2.45) is 15.7 Å². The van der Waals surface area contributed by atoms with Gasteiger partial charge in [0, 0.05) is 25.7 Å². The number of hydrogen-bond donors (Lipinski definition) is 1. The van der Waals surface area contributed by atoms with Crippen molar-refractivity contribution in [2.45, 2.75) is 45.3 Å². The van der Waals surface area contributed by atoms with Gasteiger partial charge in [0.05, 0.1) is 11.6 Å². The lowest BCUT2D eigenvalue weighted by Crippen LogP contribution is -2.43. The van der Waals surface area contributed by atoms with Crippen molar-refractivity contribution in [3.8, 4) is 22.8 Å². The van der Waals surface area contributed by atoms with Gasteiger partial charge in [-0.2, -0.15) is 5.10 Å². The van der Waals surface area contributed by atoms with Gasteiger partial charge in [0.25, 0.3) is 0 Å². The molecule has 9 heteroatoms. The van der Waals surface area contributed by atoms with Crippen molar-refractivity contribution < 1.29 is 14.3 Å². The van der Waals surface area contributed by atoms with Crippen LogP contribution in [-0.4, -0.2) is 59.1 Å². The minimum absolute atomic E-state index is 0.111. The van der Waals surface area contributed by atoms with Crippen LogP contribution in [0.15, 0.2) is 64.6 Å². The first kappa shape index (κ1) is 25.9. The lowest BCUT2D eigenvalue weighted by atomic mass is 10.1. The Kier molecular flexibility index (Phi) is 7.61. The largest absolute Gasteiger partial charge is 0.457 e. The summed E-state index contributed by atoms with van der Waals surface area (Å²) in [4.78, 5) is 23.0. The smallest absolute Gasteiger partial charge is 0.410 e. The van der Waals surface area contributed by atoms with E-state index in [0.29, 0.717) is 41.7 Å². The van der Waals surface area contributed by atoms with Crippen molar-refractivity contribution in [3.63, 3.8) is 0 Å². The molecule has 1 aliphatic heterocycles. The number of rotatable bonds is 6. The van der Waals surface area contributed by atoms with Gasteiger partial charge in [-0.05, 0) is 76.7 Å². The van der Waals surface area contributed by atoms with E-state index < -0.39 is 5.60 Å². The van der Waals surface area contributed by atoms with E-state index in [9.17, 15) is 4.79 Å². The average Bonchev–Trinajstić information content (AvgIpc) is 3.28. The number of nitrogens with two attached hydrogens (primary N) is 1. The number of nitrogens with zero attached hydrogens (tertiary/aromatic N) is 5. The summed E-state index contributed by atoms with van der Waals surface area (Å²) in [5, 5.41) is 4.93. The SMILES string of the molecule is C=Nc1c(/C(N)=N\C)c(-c2ccc(Oc3ccccc3)cc2)nn1[C@@H]1CCCN(C(=O)OC(C)(C)C)C1. The highest BCUT2D eigenvalue weighted by atomic mass is 16.6. The first-order chi connectivity index (χ1) is 17.7. The molecule has 2 N–H and O–H groups in total. The maximum absolute atomic E-state index is 12.7. The van der Waals surface area contributed by atoms with Crippen LogP contribution in [0.1, 0.15) is 45.2 Å². The minimum atomic E-state index is -0.563. The topological polar surface area (TPSA) is 107 Å². The highest BCUT2D eigenvalue weighted by Gasteiger charge is 2.32. The number of hydrogen-bond acceptors (Lipinski definition) is 6. The van der Waals surface area contributed by atoms with Crippen LogP contribution < -0.4 is 10.5 Å². The molecule has 1 fully saturated rings. The summed E-state index contributed by atoms with van der Waals surface area (Å²) in [6.45, 7) is 10.5. The summed E-state index contributed by atoms with van der Waals surface area (Å²) >= 11 is 0. The molecule has 0 radical (unpaired) electrons. The van der Waals surface area contributed by atoms with Gasteiger partial charge in [-0.3, -0.25) is 4.99 Å². The molecular formula is C28H34N6O3. The van der Waals surface area contributed by atoms with Crippen LogP contribution in [0, 0.1) is 0 Å². The van der Waals surface area contributed by atoms with Crippen LogP contribution in [-0.2, 0) is 4.74 Å². The predicted molar refractivity (Wildman–Crippen MR) is 146 cm³/mol. The molecule has 0 unspecified atom stereocenters. The van der Waals surface area contributed by atoms with Gasteiger partial charge in [-0.15, -0.1) is 0 Å². The van der Waals surface area contributed by atoms with Crippen LogP contribution in [0.4, 0.5) is 10.6 Å². The van der Waals surface area contributed by atoms with Gasteiger partial charge >= 0.3 is 6.09 Å². The molecule has 3 aromatic rings. The van der Waals surface area contributed by atoms with Crippen molar-refractivity contribution >= 4 is 24.5 Å². The third-order valence-corrected chi connectivity index (χ3v) is 6.03. The van der Waals surface area contributed by atoms with E-state index in [1.807, 2.05) is 80.1 Å². The van der Waals surface area contributed by atoms with Crippen molar-refractivity contribution in [3.05, 3.63) is 60.2 Å². The Bertz CT molecular complexity index is 1280. The number of carbonyl (C=O) groups excluding carboxylic acids is 1. The Balaban J connectivity index is 1.66. The maximum atomic E-state index is 12.7. The van der Waals surface area contributed by atoms with Gasteiger partial charge < -0.3 is 20.1 Å². The molecule has 1 amide bonds. The van der Waals surface area contributed by atoms with Crippen LogP contribution in [0.5, 0.6) is 11.5 Å². The van der Waals surface area contributed by atoms with Gasteiger partial charge in [0.1, 0.15) is 28.6 Å². The molecule has 0 saturated carbocycles. The number of para-hydroxylation sites is 1. The zero-order valence-corrected chi connectivity index (χ0v) is 21.8. The lowest BCUT2D eigenvalue weighted by molar-refractivity contribution is 0.0168. The molecule has 37 heavy (non-hydrogen) atoms. The Morgan fingerprint density at radius 2 is 1.78 bits per heavy atom. The molecular weight excluding hydrogens is 468 g/mol. The Hall–Kier alpha value is -4.14. The average molecular weight is 503 g/mol. The van der Waals surface area contributed by atoms with Gasteiger partial charge in [0.2, 0.25) is 0 Å². The number of ether oxygens (including phenoxy) is 2. The van der Waals surface area contributed by atoms with Gasteiger partial charge in [-0.1, -0.05) is 18.2 Å². The number of aromatic nitrogens is 2. The number of amides is 1. The van der Waals surface area contributed by atoms with Crippen molar-refractivity contribution in [1.29, 1.82) is 0 Å². The number of benzene rings is 2. The fourth-order valence-corrected chi connectivity index (χ4v) is 4.33. The first-order valence-electron chi connectivity index (χ1n) is 12.3. The van der Waals surface area contributed by atoms with E-state index in [-0.39, 0.29) is 12.1 Å². The van der Waals surface area contributed by atoms with Crippen molar-refractivity contribution in [2.75, 3.05) is 20.1 Å². The van der Waals surface area contributed by atoms with E-state index in [1.54, 1.807) is 11.9 Å². The molecule has 1 aromatic heterocycles. The summed E-state index contributed by atoms with van der Waals surface area (Å²) in [5.74, 6) is 2.30. The second kappa shape index (κ2) is 10.9. The standard InChI is InChI=1S/C28H34N6O3/c1-28(2,3)37-27(35)33-17-9-10-20(18-33)34-26(31-5)23(25(29)30-4)24(32-34)19-13-15-22(16-14-19)36-21-11-7-6-8-12-21/h6-8,11-16,20H,5,9-10,17-18H2,1-4H3,(H2,29,30)/t20-/m1/s1. The number of aliphatic imine (C=N–C) groups is 2. The van der Waals surface area contributed by atoms with Crippen LogP contribution >= 0.6 is 0 Å². The molecule has 9 nitrogen and oxygen atoms in total. The Morgan fingerprint density at radius 1 is 1.11 bits per heavy atom. The van der Waals surface area contributed by atoms with E-state index in [2.05, 4.69) is 16.7 Å². The van der Waals surface area contributed by atoms with Gasteiger partial charge in [-0.25, -0.2) is 14.5 Å². The molecule has 0 spiro atoms. The molecule has 1 saturated heterocycles. The highest BCUT2D eigenvalue weighted by Crippen LogP contribution is 2.36. The Morgan fingerprint density at radius 3 is 2.41 bits per heavy atom. The molecule has 0 bridgehead atoms. The molecule has 194 valence electrons. The minimum Gasteiger partial charge on any atom is -0.457 e. The first-order valence-corrected chi connectivity index (χ1v) is 12.3. The number of carbonyl (C=O) groups is 1. The second-order valence-corrected chi connectivity index (χ2v) is 9.92.